The Labute approximate surface area is 336 Å². The second kappa shape index (κ2) is 12.8. The second-order valence-electron chi connectivity index (χ2n) is 14.5. The van der Waals surface area contributed by atoms with Crippen molar-refractivity contribution in [3.05, 3.63) is 199 Å². The van der Waals surface area contributed by atoms with E-state index in [1.807, 2.05) is 46.9 Å². The maximum absolute atomic E-state index is 5.11. The van der Waals surface area contributed by atoms with Crippen LogP contribution in [0.5, 0.6) is 0 Å². The number of aliphatic imine (C=N–C) groups is 2. The summed E-state index contributed by atoms with van der Waals surface area (Å²) in [6.07, 6.45) is -0.243. The van der Waals surface area contributed by atoms with Gasteiger partial charge in [0, 0.05) is 68.7 Å². The summed E-state index contributed by atoms with van der Waals surface area (Å²) in [6.45, 7) is 0. The van der Waals surface area contributed by atoms with Crippen molar-refractivity contribution in [3.8, 4) is 16.8 Å². The SMILES string of the molecule is c1ccc(C2=NC(c3ccccc3)NC(c3ccc4sc5c(-c6cccc7c6sc6c(-n8c9ccccc9c9ccccc98)cccc67)cccc5c4c3)=N2)cc1. The number of para-hydroxylation sites is 2. The highest BCUT2D eigenvalue weighted by molar-refractivity contribution is 7.27. The Bertz CT molecular complexity index is 3390. The van der Waals surface area contributed by atoms with E-state index in [-0.39, 0.29) is 6.17 Å². The van der Waals surface area contributed by atoms with Gasteiger partial charge >= 0.3 is 0 Å². The monoisotopic (exact) mass is 764 g/mol. The summed E-state index contributed by atoms with van der Waals surface area (Å²) in [5, 5.41) is 11.3. The first kappa shape index (κ1) is 32.4. The van der Waals surface area contributed by atoms with Gasteiger partial charge in [-0.1, -0.05) is 146 Å². The molecule has 0 saturated carbocycles. The number of hydrogen-bond donors (Lipinski definition) is 1. The highest BCUT2D eigenvalue weighted by Crippen LogP contribution is 2.47. The fourth-order valence-corrected chi connectivity index (χ4v) is 11.2. The first-order valence-corrected chi connectivity index (χ1v) is 20.8. The molecule has 4 heterocycles. The van der Waals surface area contributed by atoms with Crippen molar-refractivity contribution in [2.24, 2.45) is 9.98 Å². The average molecular weight is 765 g/mol. The van der Waals surface area contributed by atoms with Gasteiger partial charge < -0.3 is 9.88 Å². The highest BCUT2D eigenvalue weighted by atomic mass is 32.1. The third-order valence-corrected chi connectivity index (χ3v) is 13.8. The molecule has 1 atom stereocenters. The lowest BCUT2D eigenvalue weighted by Gasteiger charge is -2.23. The Hall–Kier alpha value is -6.86. The minimum atomic E-state index is -0.243. The fourth-order valence-electron chi connectivity index (χ4n) is 8.65. The molecule has 0 bridgehead atoms. The van der Waals surface area contributed by atoms with Gasteiger partial charge in [-0.25, -0.2) is 9.98 Å². The summed E-state index contributed by atoms with van der Waals surface area (Å²) in [4.78, 5) is 10.2. The van der Waals surface area contributed by atoms with Crippen LogP contribution in [0.4, 0.5) is 0 Å². The maximum atomic E-state index is 5.11. The molecule has 1 unspecified atom stereocenters. The van der Waals surface area contributed by atoms with Crippen LogP contribution in [-0.4, -0.2) is 16.2 Å². The summed E-state index contributed by atoms with van der Waals surface area (Å²) in [5.74, 6) is 1.55. The minimum absolute atomic E-state index is 0.243. The molecule has 3 aromatic heterocycles. The highest BCUT2D eigenvalue weighted by Gasteiger charge is 2.23. The van der Waals surface area contributed by atoms with Crippen molar-refractivity contribution in [2.45, 2.75) is 6.17 Å². The van der Waals surface area contributed by atoms with Crippen LogP contribution in [0.1, 0.15) is 22.9 Å². The predicted molar refractivity (Wildman–Crippen MR) is 244 cm³/mol. The molecule has 1 aliphatic heterocycles. The number of amidine groups is 2. The molecule has 0 aliphatic carbocycles. The first-order chi connectivity index (χ1) is 28.3. The normalized spacial score (nSPS) is 14.5. The Morgan fingerprint density at radius 2 is 1.04 bits per heavy atom. The predicted octanol–water partition coefficient (Wildman–Crippen LogP) is 13.7. The lowest BCUT2D eigenvalue weighted by Crippen LogP contribution is -2.33. The Kier molecular flexibility index (Phi) is 7.30. The zero-order chi connectivity index (χ0) is 37.5. The van der Waals surface area contributed by atoms with E-state index >= 15 is 0 Å². The van der Waals surface area contributed by atoms with Crippen LogP contribution in [0.3, 0.4) is 0 Å². The first-order valence-electron chi connectivity index (χ1n) is 19.2. The van der Waals surface area contributed by atoms with Gasteiger partial charge in [0.1, 0.15) is 12.0 Å². The van der Waals surface area contributed by atoms with E-state index in [1.165, 1.54) is 79.0 Å². The minimum Gasteiger partial charge on any atom is -0.344 e. The third kappa shape index (κ3) is 5.11. The smallest absolute Gasteiger partial charge is 0.159 e. The van der Waals surface area contributed by atoms with Crippen molar-refractivity contribution >= 4 is 96.5 Å². The number of nitrogens with one attached hydrogen (secondary N) is 1. The summed E-state index contributed by atoms with van der Waals surface area (Å²) in [6, 6.07) is 65.3. The molecule has 0 fully saturated rings. The lowest BCUT2D eigenvalue weighted by atomic mass is 10.00. The zero-order valence-corrected chi connectivity index (χ0v) is 32.2. The molecule has 0 amide bonds. The van der Waals surface area contributed by atoms with E-state index in [0.717, 1.165) is 28.4 Å². The largest absolute Gasteiger partial charge is 0.344 e. The van der Waals surface area contributed by atoms with Crippen LogP contribution >= 0.6 is 22.7 Å². The van der Waals surface area contributed by atoms with Gasteiger partial charge in [0.2, 0.25) is 0 Å². The average Bonchev–Trinajstić information content (AvgIpc) is 3.96. The van der Waals surface area contributed by atoms with E-state index < -0.39 is 0 Å². The van der Waals surface area contributed by atoms with E-state index in [2.05, 4.69) is 168 Å². The van der Waals surface area contributed by atoms with Crippen molar-refractivity contribution < 1.29 is 0 Å². The number of fused-ring (bicyclic) bond motifs is 9. The van der Waals surface area contributed by atoms with Gasteiger partial charge in [-0.3, -0.25) is 0 Å². The van der Waals surface area contributed by atoms with Crippen LogP contribution in [0.25, 0.3) is 79.0 Å². The van der Waals surface area contributed by atoms with Crippen LogP contribution < -0.4 is 5.32 Å². The maximum Gasteiger partial charge on any atom is 0.159 e. The van der Waals surface area contributed by atoms with Crippen LogP contribution in [0, 0.1) is 0 Å². The van der Waals surface area contributed by atoms with E-state index in [9.17, 15) is 0 Å². The molecular formula is C51H32N4S2. The van der Waals surface area contributed by atoms with Gasteiger partial charge in [-0.15, -0.1) is 22.7 Å². The van der Waals surface area contributed by atoms with Crippen LogP contribution in [0.2, 0.25) is 0 Å². The molecule has 12 rings (SSSR count). The summed E-state index contributed by atoms with van der Waals surface area (Å²) in [7, 11) is 0. The van der Waals surface area contributed by atoms with Crippen molar-refractivity contribution in [1.29, 1.82) is 0 Å². The molecule has 57 heavy (non-hydrogen) atoms. The van der Waals surface area contributed by atoms with Crippen LogP contribution in [0.15, 0.2) is 192 Å². The molecule has 0 spiro atoms. The summed E-state index contributed by atoms with van der Waals surface area (Å²) < 4.78 is 7.62. The number of thiophene rings is 2. The third-order valence-electron chi connectivity index (χ3n) is 11.3. The molecule has 4 nitrogen and oxygen atoms in total. The molecule has 0 saturated heterocycles. The Balaban J connectivity index is 1.00. The number of nitrogens with zero attached hydrogens (tertiary/aromatic N) is 3. The fraction of sp³-hybridized carbons (Fsp3) is 0.0196. The van der Waals surface area contributed by atoms with Crippen LogP contribution in [-0.2, 0) is 0 Å². The molecular weight excluding hydrogens is 733 g/mol. The van der Waals surface area contributed by atoms with Crippen molar-refractivity contribution in [2.75, 3.05) is 0 Å². The van der Waals surface area contributed by atoms with Crippen molar-refractivity contribution in [3.63, 3.8) is 0 Å². The number of aromatic nitrogens is 1. The van der Waals surface area contributed by atoms with Gasteiger partial charge in [0.25, 0.3) is 0 Å². The van der Waals surface area contributed by atoms with Gasteiger partial charge in [-0.05, 0) is 42.0 Å². The van der Waals surface area contributed by atoms with Crippen molar-refractivity contribution in [1.82, 2.24) is 9.88 Å². The summed E-state index contributed by atoms with van der Waals surface area (Å²) >= 11 is 3.78. The number of benzene rings is 8. The van der Waals surface area contributed by atoms with E-state index in [1.54, 1.807) is 0 Å². The standard InChI is InChI=1S/C51H32N4S2/c1-3-14-31(15-4-1)49-52-50(32-16-5-2-6-17-32)54-51(53-49)33-28-29-45-41(30-33)40-23-12-20-36(46(40)56-45)37-21-11-22-38-39-24-13-27-44(48(39)57-47(37)38)55-42-25-9-7-18-34(42)35-19-8-10-26-43(35)55/h1-30,49H,(H,52,53,54). The van der Waals surface area contributed by atoms with Gasteiger partial charge in [-0.2, -0.15) is 0 Å². The quantitative estimate of drug-likeness (QED) is 0.186. The molecule has 8 aromatic carbocycles. The Morgan fingerprint density at radius 1 is 0.456 bits per heavy atom. The summed E-state index contributed by atoms with van der Waals surface area (Å²) in [5.41, 5.74) is 9.36. The molecule has 0 radical (unpaired) electrons. The molecule has 1 N–H and O–H groups in total. The van der Waals surface area contributed by atoms with Gasteiger partial charge in [0.15, 0.2) is 5.84 Å². The molecule has 11 aromatic rings. The van der Waals surface area contributed by atoms with Gasteiger partial charge in [0.05, 0.1) is 21.4 Å². The topological polar surface area (TPSA) is 41.7 Å². The zero-order valence-electron chi connectivity index (χ0n) is 30.6. The molecule has 1 aliphatic rings. The van der Waals surface area contributed by atoms with E-state index in [4.69, 9.17) is 9.98 Å². The Morgan fingerprint density at radius 3 is 1.75 bits per heavy atom. The van der Waals surface area contributed by atoms with E-state index in [0.29, 0.717) is 0 Å². The number of rotatable bonds is 5. The lowest BCUT2D eigenvalue weighted by molar-refractivity contribution is 0.674. The number of hydrogen-bond acceptors (Lipinski definition) is 5. The second-order valence-corrected chi connectivity index (χ2v) is 16.6. The molecule has 268 valence electrons. The molecule has 6 heteroatoms.